The van der Waals surface area contributed by atoms with Crippen molar-refractivity contribution in [2.24, 2.45) is 0 Å². The molecule has 0 fully saturated rings. The van der Waals surface area contributed by atoms with Gasteiger partial charge >= 0.3 is 5.97 Å². The third-order valence-electron chi connectivity index (χ3n) is 2.77. The van der Waals surface area contributed by atoms with Crippen LogP contribution in [-0.4, -0.2) is 11.0 Å². The summed E-state index contributed by atoms with van der Waals surface area (Å²) < 4.78 is 6.31. The topological polar surface area (TPSA) is 39.2 Å². The van der Waals surface area contributed by atoms with Crippen molar-refractivity contribution in [2.45, 2.75) is 25.9 Å². The fourth-order valence-corrected chi connectivity index (χ4v) is 2.90. The Hall–Kier alpha value is -1.20. The van der Waals surface area contributed by atoms with Crippen LogP contribution in [0.25, 0.3) is 0 Å². The lowest BCUT2D eigenvalue weighted by atomic mass is 9.99. The number of pyridine rings is 1. The highest BCUT2D eigenvalue weighted by atomic mass is 79.9. The Labute approximate surface area is 124 Å². The predicted molar refractivity (Wildman–Crippen MR) is 79.1 cm³/mol. The Kier molecular flexibility index (Phi) is 5.10. The molecule has 5 heteroatoms. The van der Waals surface area contributed by atoms with Crippen LogP contribution < -0.4 is 0 Å². The fraction of sp³-hybridized carbons (Fsp3) is 0.286. The molecular weight excluding hydrogens is 326 g/mol. The van der Waals surface area contributed by atoms with E-state index in [-0.39, 0.29) is 11.9 Å². The van der Waals surface area contributed by atoms with Gasteiger partial charge in [-0.2, -0.15) is 0 Å². The summed E-state index contributed by atoms with van der Waals surface area (Å²) in [5, 5.41) is 1.98. The first-order valence-corrected chi connectivity index (χ1v) is 7.61. The molecule has 0 saturated carbocycles. The summed E-state index contributed by atoms with van der Waals surface area (Å²) in [4.78, 5) is 15.7. The predicted octanol–water partition coefficient (Wildman–Crippen LogP) is 4.14. The van der Waals surface area contributed by atoms with Gasteiger partial charge in [0.15, 0.2) is 0 Å². The van der Waals surface area contributed by atoms with Gasteiger partial charge in [-0.1, -0.05) is 6.92 Å². The Morgan fingerprint density at radius 2 is 2.21 bits per heavy atom. The monoisotopic (exact) mass is 339 g/mol. The van der Waals surface area contributed by atoms with Crippen LogP contribution in [0.3, 0.4) is 0 Å². The highest BCUT2D eigenvalue weighted by Crippen LogP contribution is 2.22. The van der Waals surface area contributed by atoms with Crippen molar-refractivity contribution in [1.29, 1.82) is 0 Å². The van der Waals surface area contributed by atoms with Gasteiger partial charge in [-0.15, -0.1) is 11.3 Å². The lowest BCUT2D eigenvalue weighted by Gasteiger charge is -2.10. The molecule has 19 heavy (non-hydrogen) atoms. The molecule has 0 unspecified atom stereocenters. The molecule has 0 bridgehead atoms. The molecule has 0 spiro atoms. The summed E-state index contributed by atoms with van der Waals surface area (Å²) in [6.45, 7) is 2.35. The third-order valence-corrected chi connectivity index (χ3v) is 4.32. The Morgan fingerprint density at radius 3 is 2.84 bits per heavy atom. The van der Waals surface area contributed by atoms with E-state index < -0.39 is 0 Å². The van der Waals surface area contributed by atoms with E-state index in [1.165, 1.54) is 0 Å². The van der Waals surface area contributed by atoms with Gasteiger partial charge in [-0.25, -0.2) is 0 Å². The second kappa shape index (κ2) is 6.82. The smallest absolute Gasteiger partial charge is 0.306 e. The van der Waals surface area contributed by atoms with E-state index in [1.807, 2.05) is 30.5 Å². The number of hydrogen-bond acceptors (Lipinski definition) is 4. The van der Waals surface area contributed by atoms with Crippen LogP contribution in [-0.2, 0) is 16.1 Å². The summed E-state index contributed by atoms with van der Waals surface area (Å²) in [7, 11) is 0. The zero-order chi connectivity index (χ0) is 13.7. The molecule has 2 aromatic heterocycles. The zero-order valence-electron chi connectivity index (χ0n) is 10.5. The maximum absolute atomic E-state index is 11.8. The summed E-state index contributed by atoms with van der Waals surface area (Å²) in [6, 6.07) is 5.81. The van der Waals surface area contributed by atoms with Crippen molar-refractivity contribution in [1.82, 2.24) is 4.98 Å². The van der Waals surface area contributed by atoms with Crippen LogP contribution in [0.2, 0.25) is 0 Å². The van der Waals surface area contributed by atoms with Gasteiger partial charge in [0.1, 0.15) is 6.61 Å². The van der Waals surface area contributed by atoms with Gasteiger partial charge in [-0.3, -0.25) is 9.78 Å². The zero-order valence-corrected chi connectivity index (χ0v) is 12.9. The second-order valence-electron chi connectivity index (χ2n) is 4.31. The van der Waals surface area contributed by atoms with Crippen LogP contribution in [0.1, 0.15) is 30.4 Å². The Bertz CT molecular complexity index is 541. The van der Waals surface area contributed by atoms with E-state index in [0.717, 1.165) is 14.9 Å². The lowest BCUT2D eigenvalue weighted by Crippen LogP contribution is -2.08. The molecule has 2 aromatic rings. The number of halogens is 1. The van der Waals surface area contributed by atoms with Crippen molar-refractivity contribution in [2.75, 3.05) is 0 Å². The molecule has 2 heterocycles. The van der Waals surface area contributed by atoms with E-state index in [1.54, 1.807) is 23.7 Å². The number of ether oxygens (including phenoxy) is 1. The summed E-state index contributed by atoms with van der Waals surface area (Å²) in [6.07, 6.45) is 3.86. The van der Waals surface area contributed by atoms with Crippen LogP contribution >= 0.6 is 27.3 Å². The molecule has 0 aliphatic rings. The number of esters is 1. The van der Waals surface area contributed by atoms with Crippen molar-refractivity contribution < 1.29 is 9.53 Å². The van der Waals surface area contributed by atoms with Crippen LogP contribution in [0, 0.1) is 0 Å². The van der Waals surface area contributed by atoms with Gasteiger partial charge in [-0.05, 0) is 51.0 Å². The molecule has 0 saturated heterocycles. The maximum Gasteiger partial charge on any atom is 0.306 e. The number of thiophene rings is 1. The van der Waals surface area contributed by atoms with Gasteiger partial charge in [0, 0.05) is 18.0 Å². The number of hydrogen-bond donors (Lipinski definition) is 0. The lowest BCUT2D eigenvalue weighted by molar-refractivity contribution is -0.145. The summed E-state index contributed by atoms with van der Waals surface area (Å²) >= 11 is 4.97. The molecule has 0 N–H and O–H groups in total. The minimum absolute atomic E-state index is 0.143. The van der Waals surface area contributed by atoms with Crippen LogP contribution in [0.15, 0.2) is 39.8 Å². The molecule has 3 nitrogen and oxygen atoms in total. The standard InChI is InChI=1S/C14H14BrNO2S/c1-10(12-2-4-16-5-3-12)6-14(17)18-8-11-7-13(15)19-9-11/h2-5,7,9-10H,6,8H2,1H3/t10-/m1/s1. The number of aromatic nitrogens is 1. The quantitative estimate of drug-likeness (QED) is 0.768. The van der Waals surface area contributed by atoms with Gasteiger partial charge in [0.25, 0.3) is 0 Å². The minimum Gasteiger partial charge on any atom is -0.461 e. The first-order valence-electron chi connectivity index (χ1n) is 5.93. The molecule has 100 valence electrons. The maximum atomic E-state index is 11.8. The van der Waals surface area contributed by atoms with E-state index in [9.17, 15) is 4.79 Å². The van der Waals surface area contributed by atoms with Gasteiger partial charge in [0.2, 0.25) is 0 Å². The largest absolute Gasteiger partial charge is 0.461 e. The SMILES string of the molecule is C[C@H](CC(=O)OCc1csc(Br)c1)c1ccncc1. The summed E-state index contributed by atoms with van der Waals surface area (Å²) in [5.74, 6) is -0.0312. The molecule has 0 aliphatic heterocycles. The van der Waals surface area contributed by atoms with E-state index in [0.29, 0.717) is 13.0 Å². The van der Waals surface area contributed by atoms with E-state index >= 15 is 0 Å². The number of carbonyl (C=O) groups is 1. The van der Waals surface area contributed by atoms with Crippen molar-refractivity contribution >= 4 is 33.2 Å². The molecule has 0 aromatic carbocycles. The van der Waals surface area contributed by atoms with E-state index in [4.69, 9.17) is 4.74 Å². The number of nitrogens with zero attached hydrogens (tertiary/aromatic N) is 1. The van der Waals surface area contributed by atoms with Crippen LogP contribution in [0.4, 0.5) is 0 Å². The average molecular weight is 340 g/mol. The first-order chi connectivity index (χ1) is 9.15. The Balaban J connectivity index is 1.81. The second-order valence-corrected chi connectivity index (χ2v) is 6.60. The molecule has 0 aliphatic carbocycles. The van der Waals surface area contributed by atoms with Crippen LogP contribution in [0.5, 0.6) is 0 Å². The van der Waals surface area contributed by atoms with Crippen molar-refractivity contribution in [3.63, 3.8) is 0 Å². The normalized spacial score (nSPS) is 12.1. The van der Waals surface area contributed by atoms with Gasteiger partial charge < -0.3 is 4.74 Å². The highest BCUT2D eigenvalue weighted by molar-refractivity contribution is 9.11. The molecule has 2 rings (SSSR count). The third kappa shape index (κ3) is 4.44. The molecular formula is C14H14BrNO2S. The minimum atomic E-state index is -0.174. The fourth-order valence-electron chi connectivity index (χ4n) is 1.70. The Morgan fingerprint density at radius 1 is 1.47 bits per heavy atom. The average Bonchev–Trinajstić information content (AvgIpc) is 2.83. The number of carbonyl (C=O) groups excluding carboxylic acids is 1. The molecule has 0 radical (unpaired) electrons. The molecule has 0 amide bonds. The highest BCUT2D eigenvalue weighted by Gasteiger charge is 2.12. The summed E-state index contributed by atoms with van der Waals surface area (Å²) in [5.41, 5.74) is 2.12. The number of rotatable bonds is 5. The van der Waals surface area contributed by atoms with E-state index in [2.05, 4.69) is 20.9 Å². The molecule has 1 atom stereocenters. The van der Waals surface area contributed by atoms with Crippen molar-refractivity contribution in [3.8, 4) is 0 Å². The van der Waals surface area contributed by atoms with Crippen molar-refractivity contribution in [3.05, 3.63) is 50.9 Å². The first kappa shape index (κ1) is 14.2. The van der Waals surface area contributed by atoms with Gasteiger partial charge in [0.05, 0.1) is 10.2 Å².